The maximum absolute atomic E-state index is 6.03. The molecule has 0 aromatic rings. The van der Waals surface area contributed by atoms with Crippen LogP contribution in [0, 0.1) is 11.3 Å². The van der Waals surface area contributed by atoms with E-state index in [0.717, 1.165) is 13.0 Å². The van der Waals surface area contributed by atoms with Gasteiger partial charge in [-0.2, -0.15) is 0 Å². The topological polar surface area (TPSA) is 9.23 Å². The molecule has 0 heterocycles. The standard InChI is InChI=1S/C12H24Cl2O/c1-10(2)12(8-13,9-14)6-7-15-11(3,4)5/h10H,6-9H2,1-5H3. The van der Waals surface area contributed by atoms with Crippen LogP contribution in [0.15, 0.2) is 0 Å². The van der Waals surface area contributed by atoms with Gasteiger partial charge in [-0.25, -0.2) is 0 Å². The summed E-state index contributed by atoms with van der Waals surface area (Å²) in [5, 5.41) is 0. The van der Waals surface area contributed by atoms with Crippen LogP contribution < -0.4 is 0 Å². The molecule has 0 saturated heterocycles. The SMILES string of the molecule is CC(C)C(CCl)(CCl)CCOC(C)(C)C. The highest BCUT2D eigenvalue weighted by molar-refractivity contribution is 6.21. The van der Waals surface area contributed by atoms with Crippen molar-refractivity contribution in [2.45, 2.75) is 46.6 Å². The molecule has 0 saturated carbocycles. The summed E-state index contributed by atoms with van der Waals surface area (Å²) in [7, 11) is 0. The zero-order valence-electron chi connectivity index (χ0n) is 10.6. The normalized spacial score (nSPS) is 13.6. The Morgan fingerprint density at radius 2 is 1.53 bits per heavy atom. The Balaban J connectivity index is 4.19. The van der Waals surface area contributed by atoms with Crippen LogP contribution in [0.4, 0.5) is 0 Å². The molecule has 92 valence electrons. The molecule has 3 heteroatoms. The van der Waals surface area contributed by atoms with Gasteiger partial charge in [0.25, 0.3) is 0 Å². The molecular weight excluding hydrogens is 231 g/mol. The number of hydrogen-bond donors (Lipinski definition) is 0. The molecule has 15 heavy (non-hydrogen) atoms. The summed E-state index contributed by atoms with van der Waals surface area (Å²) >= 11 is 12.1. The smallest absolute Gasteiger partial charge is 0.0598 e. The third kappa shape index (κ3) is 5.42. The van der Waals surface area contributed by atoms with E-state index >= 15 is 0 Å². The third-order valence-electron chi connectivity index (χ3n) is 2.89. The summed E-state index contributed by atoms with van der Waals surface area (Å²) in [6.45, 7) is 11.2. The van der Waals surface area contributed by atoms with E-state index in [1.165, 1.54) is 0 Å². The van der Waals surface area contributed by atoms with E-state index in [2.05, 4.69) is 34.6 Å². The van der Waals surface area contributed by atoms with Gasteiger partial charge >= 0.3 is 0 Å². The number of ether oxygens (including phenoxy) is 1. The van der Waals surface area contributed by atoms with E-state index in [1.54, 1.807) is 0 Å². The van der Waals surface area contributed by atoms with E-state index in [9.17, 15) is 0 Å². The summed E-state index contributed by atoms with van der Waals surface area (Å²) in [6.07, 6.45) is 0.926. The average Bonchev–Trinajstić information content (AvgIpc) is 2.10. The molecule has 0 atom stereocenters. The highest BCUT2D eigenvalue weighted by atomic mass is 35.5. The summed E-state index contributed by atoms with van der Waals surface area (Å²) in [5.74, 6) is 1.68. The van der Waals surface area contributed by atoms with Gasteiger partial charge in [-0.05, 0) is 33.1 Å². The van der Waals surface area contributed by atoms with Crippen LogP contribution in [0.1, 0.15) is 41.0 Å². The van der Waals surface area contributed by atoms with Gasteiger partial charge in [-0.1, -0.05) is 13.8 Å². The molecule has 0 aliphatic heterocycles. The molecule has 0 spiro atoms. The van der Waals surface area contributed by atoms with Gasteiger partial charge in [-0.3, -0.25) is 0 Å². The van der Waals surface area contributed by atoms with Crippen molar-refractivity contribution in [3.63, 3.8) is 0 Å². The Hall–Kier alpha value is 0.540. The lowest BCUT2D eigenvalue weighted by Crippen LogP contribution is -2.34. The Bertz CT molecular complexity index is 169. The van der Waals surface area contributed by atoms with Crippen molar-refractivity contribution in [1.29, 1.82) is 0 Å². The number of alkyl halides is 2. The van der Waals surface area contributed by atoms with Crippen molar-refractivity contribution < 1.29 is 4.74 Å². The third-order valence-corrected chi connectivity index (χ3v) is 3.96. The fourth-order valence-electron chi connectivity index (χ4n) is 1.33. The number of rotatable bonds is 6. The van der Waals surface area contributed by atoms with Crippen molar-refractivity contribution in [3.8, 4) is 0 Å². The monoisotopic (exact) mass is 254 g/mol. The first-order chi connectivity index (χ1) is 6.77. The molecular formula is C12H24Cl2O. The molecule has 0 radical (unpaired) electrons. The molecule has 0 rings (SSSR count). The molecule has 0 N–H and O–H groups in total. The van der Waals surface area contributed by atoms with Gasteiger partial charge in [0.05, 0.1) is 5.60 Å². The molecule has 0 aliphatic rings. The van der Waals surface area contributed by atoms with Crippen LogP contribution in [0.5, 0.6) is 0 Å². The van der Waals surface area contributed by atoms with Crippen LogP contribution in [0.25, 0.3) is 0 Å². The minimum atomic E-state index is -0.0820. The molecule has 1 nitrogen and oxygen atoms in total. The van der Waals surface area contributed by atoms with Crippen molar-refractivity contribution in [2.75, 3.05) is 18.4 Å². The Labute approximate surface area is 104 Å². The molecule has 0 unspecified atom stereocenters. The molecule has 0 amide bonds. The second-order valence-corrected chi connectivity index (χ2v) is 6.03. The van der Waals surface area contributed by atoms with Gasteiger partial charge in [0, 0.05) is 23.8 Å². The van der Waals surface area contributed by atoms with E-state index in [0.29, 0.717) is 17.7 Å². The van der Waals surface area contributed by atoms with Gasteiger partial charge < -0.3 is 4.74 Å². The lowest BCUT2D eigenvalue weighted by Gasteiger charge is -2.34. The minimum absolute atomic E-state index is 0.00829. The van der Waals surface area contributed by atoms with E-state index in [4.69, 9.17) is 27.9 Å². The lowest BCUT2D eigenvalue weighted by atomic mass is 9.78. The molecule has 0 aromatic heterocycles. The zero-order valence-corrected chi connectivity index (χ0v) is 12.1. The first-order valence-electron chi connectivity index (χ1n) is 5.53. The molecule has 0 bridgehead atoms. The first kappa shape index (κ1) is 15.5. The number of hydrogen-bond acceptors (Lipinski definition) is 1. The van der Waals surface area contributed by atoms with Crippen LogP contribution in [0.2, 0.25) is 0 Å². The largest absolute Gasteiger partial charge is 0.376 e. The van der Waals surface area contributed by atoms with Gasteiger partial charge in [0.1, 0.15) is 0 Å². The quantitative estimate of drug-likeness (QED) is 0.642. The van der Waals surface area contributed by atoms with Crippen molar-refractivity contribution >= 4 is 23.2 Å². The number of halogens is 2. The van der Waals surface area contributed by atoms with Gasteiger partial charge in [-0.15, -0.1) is 23.2 Å². The highest BCUT2D eigenvalue weighted by Crippen LogP contribution is 2.34. The summed E-state index contributed by atoms with van der Waals surface area (Å²) in [4.78, 5) is 0. The van der Waals surface area contributed by atoms with Crippen LogP contribution in [0.3, 0.4) is 0 Å². The maximum atomic E-state index is 6.03. The van der Waals surface area contributed by atoms with Gasteiger partial charge in [0.2, 0.25) is 0 Å². The lowest BCUT2D eigenvalue weighted by molar-refractivity contribution is -0.0191. The molecule has 0 aromatic carbocycles. The van der Waals surface area contributed by atoms with Crippen molar-refractivity contribution in [1.82, 2.24) is 0 Å². The average molecular weight is 255 g/mol. The minimum Gasteiger partial charge on any atom is -0.376 e. The summed E-state index contributed by atoms with van der Waals surface area (Å²) in [5.41, 5.74) is -0.0737. The van der Waals surface area contributed by atoms with E-state index < -0.39 is 0 Å². The predicted octanol–water partition coefficient (Wildman–Crippen LogP) is 4.31. The fraction of sp³-hybridized carbons (Fsp3) is 1.00. The first-order valence-corrected chi connectivity index (χ1v) is 6.60. The highest BCUT2D eigenvalue weighted by Gasteiger charge is 2.32. The zero-order chi connectivity index (χ0) is 12.1. The maximum Gasteiger partial charge on any atom is 0.0598 e. The summed E-state index contributed by atoms with van der Waals surface area (Å²) in [6, 6.07) is 0. The van der Waals surface area contributed by atoms with Gasteiger partial charge in [0.15, 0.2) is 0 Å². The van der Waals surface area contributed by atoms with Crippen LogP contribution in [-0.4, -0.2) is 24.0 Å². The predicted molar refractivity (Wildman–Crippen MR) is 69.0 cm³/mol. The van der Waals surface area contributed by atoms with E-state index in [-0.39, 0.29) is 11.0 Å². The van der Waals surface area contributed by atoms with E-state index in [1.807, 2.05) is 0 Å². The Morgan fingerprint density at radius 3 is 1.80 bits per heavy atom. The summed E-state index contributed by atoms with van der Waals surface area (Å²) < 4.78 is 5.72. The van der Waals surface area contributed by atoms with Crippen LogP contribution >= 0.6 is 23.2 Å². The van der Waals surface area contributed by atoms with Crippen LogP contribution in [-0.2, 0) is 4.74 Å². The van der Waals surface area contributed by atoms with Crippen molar-refractivity contribution in [3.05, 3.63) is 0 Å². The molecule has 0 fully saturated rings. The Kier molecular flexibility index (Phi) is 6.55. The Morgan fingerprint density at radius 1 is 1.07 bits per heavy atom. The van der Waals surface area contributed by atoms with Crippen molar-refractivity contribution in [2.24, 2.45) is 11.3 Å². The molecule has 0 aliphatic carbocycles. The second-order valence-electron chi connectivity index (χ2n) is 5.50. The fourth-order valence-corrected chi connectivity index (χ4v) is 2.50. The second kappa shape index (κ2) is 6.32.